The molecule has 1 aromatic rings. The molecule has 1 aliphatic carbocycles. The number of rotatable bonds is 13. The second kappa shape index (κ2) is 13.0. The lowest BCUT2D eigenvalue weighted by atomic mass is 9.92. The van der Waals surface area contributed by atoms with Crippen LogP contribution in [0.25, 0.3) is 0 Å². The third kappa shape index (κ3) is 7.98. The lowest BCUT2D eigenvalue weighted by Crippen LogP contribution is -2.44. The normalized spacial score (nSPS) is 20.8. The fourth-order valence-corrected chi connectivity index (χ4v) is 3.72. The molecule has 0 spiro atoms. The minimum atomic E-state index is 0.177. The molecule has 0 amide bonds. The van der Waals surface area contributed by atoms with Gasteiger partial charge < -0.3 is 24.6 Å². The fourth-order valence-electron chi connectivity index (χ4n) is 3.72. The van der Waals surface area contributed by atoms with Crippen molar-refractivity contribution >= 4 is 0 Å². The van der Waals surface area contributed by atoms with E-state index in [2.05, 4.69) is 19.2 Å². The van der Waals surface area contributed by atoms with Gasteiger partial charge in [0.25, 0.3) is 0 Å². The molecule has 5 heteroatoms. The maximum atomic E-state index is 9.71. The summed E-state index contributed by atoms with van der Waals surface area (Å²) in [4.78, 5) is 0. The molecule has 2 unspecified atom stereocenters. The number of hydrogen-bond donors (Lipinski definition) is 2. The van der Waals surface area contributed by atoms with Crippen molar-refractivity contribution in [2.75, 3.05) is 26.9 Å². The summed E-state index contributed by atoms with van der Waals surface area (Å²) in [6.07, 6.45) is 9.61. The smallest absolute Gasteiger partial charge is 0.160 e. The van der Waals surface area contributed by atoms with Gasteiger partial charge >= 0.3 is 0 Å². The predicted molar refractivity (Wildman–Crippen MR) is 113 cm³/mol. The van der Waals surface area contributed by atoms with Gasteiger partial charge in [0.1, 0.15) is 0 Å². The van der Waals surface area contributed by atoms with Crippen LogP contribution < -0.4 is 10.1 Å². The average molecular weight is 394 g/mol. The first-order chi connectivity index (χ1) is 13.6. The molecule has 5 nitrogen and oxygen atoms in total. The standard InChI is InChI=1S/C23H39NO4/c1-4-5-15-27-18(2)12-14-24-20-8-6-7-9-22(20)28-16-13-19-10-11-21(25)23(17-19)26-3/h10-11,17-18,20,22,24-25H,4-9,12-16H2,1-3H3/t18-,20?,22?/m0/s1. The van der Waals surface area contributed by atoms with Crippen LogP contribution in [0.15, 0.2) is 18.2 Å². The maximum Gasteiger partial charge on any atom is 0.160 e. The number of benzene rings is 1. The molecule has 0 heterocycles. The summed E-state index contributed by atoms with van der Waals surface area (Å²) in [5.74, 6) is 0.696. The van der Waals surface area contributed by atoms with E-state index in [-0.39, 0.29) is 11.9 Å². The molecule has 28 heavy (non-hydrogen) atoms. The topological polar surface area (TPSA) is 60.0 Å². The highest BCUT2D eigenvalue weighted by Gasteiger charge is 2.25. The van der Waals surface area contributed by atoms with Crippen LogP contribution in [0.5, 0.6) is 11.5 Å². The fraction of sp³-hybridized carbons (Fsp3) is 0.739. The van der Waals surface area contributed by atoms with Gasteiger partial charge in [0.2, 0.25) is 0 Å². The minimum Gasteiger partial charge on any atom is -0.504 e. The molecule has 1 aromatic carbocycles. The molecule has 0 saturated heterocycles. The first kappa shape index (κ1) is 23.0. The Morgan fingerprint density at radius 2 is 2.04 bits per heavy atom. The number of methoxy groups -OCH3 is 1. The average Bonchev–Trinajstić information content (AvgIpc) is 2.70. The SMILES string of the molecule is CCCCO[C@@H](C)CCNC1CCCCC1OCCc1ccc(O)c(OC)c1. The number of phenols is 1. The molecule has 2 N–H and O–H groups in total. The molecule has 2 rings (SSSR count). The number of aromatic hydroxyl groups is 1. The zero-order valence-corrected chi connectivity index (χ0v) is 17.9. The van der Waals surface area contributed by atoms with Crippen molar-refractivity contribution in [3.05, 3.63) is 23.8 Å². The van der Waals surface area contributed by atoms with Gasteiger partial charge in [-0.2, -0.15) is 0 Å². The molecule has 0 aliphatic heterocycles. The lowest BCUT2D eigenvalue weighted by Gasteiger charge is -2.32. The quantitative estimate of drug-likeness (QED) is 0.485. The van der Waals surface area contributed by atoms with Gasteiger partial charge in [0.05, 0.1) is 25.9 Å². The van der Waals surface area contributed by atoms with E-state index in [1.807, 2.05) is 12.1 Å². The van der Waals surface area contributed by atoms with E-state index in [1.54, 1.807) is 13.2 Å². The van der Waals surface area contributed by atoms with Gasteiger partial charge in [-0.1, -0.05) is 32.3 Å². The highest BCUT2D eigenvalue weighted by atomic mass is 16.5. The molecule has 160 valence electrons. The molecular weight excluding hydrogens is 354 g/mol. The highest BCUT2D eigenvalue weighted by molar-refractivity contribution is 5.41. The van der Waals surface area contributed by atoms with Crippen molar-refractivity contribution in [2.24, 2.45) is 0 Å². The van der Waals surface area contributed by atoms with Crippen LogP contribution >= 0.6 is 0 Å². The lowest BCUT2D eigenvalue weighted by molar-refractivity contribution is 0.00444. The van der Waals surface area contributed by atoms with Crippen molar-refractivity contribution in [2.45, 2.75) is 83.5 Å². The number of ether oxygens (including phenoxy) is 3. The first-order valence-corrected chi connectivity index (χ1v) is 11.0. The Morgan fingerprint density at radius 1 is 1.21 bits per heavy atom. The largest absolute Gasteiger partial charge is 0.504 e. The molecule has 0 aromatic heterocycles. The number of unbranched alkanes of at least 4 members (excludes halogenated alkanes) is 1. The summed E-state index contributed by atoms with van der Waals surface area (Å²) in [6.45, 7) is 6.89. The summed E-state index contributed by atoms with van der Waals surface area (Å²) >= 11 is 0. The Bertz CT molecular complexity index is 551. The van der Waals surface area contributed by atoms with Gasteiger partial charge in [-0.3, -0.25) is 0 Å². The maximum absolute atomic E-state index is 9.71. The Labute approximate surface area is 170 Å². The number of nitrogens with one attached hydrogen (secondary N) is 1. The Balaban J connectivity index is 1.70. The van der Waals surface area contributed by atoms with E-state index in [4.69, 9.17) is 14.2 Å². The van der Waals surface area contributed by atoms with Crippen molar-refractivity contribution < 1.29 is 19.3 Å². The number of phenolic OH excluding ortho intramolecular Hbond substituents is 1. The van der Waals surface area contributed by atoms with Crippen molar-refractivity contribution in [1.82, 2.24) is 5.32 Å². The molecule has 3 atom stereocenters. The Kier molecular flexibility index (Phi) is 10.7. The van der Waals surface area contributed by atoms with Crippen LogP contribution in [0.3, 0.4) is 0 Å². The monoisotopic (exact) mass is 393 g/mol. The van der Waals surface area contributed by atoms with Gasteiger partial charge in [-0.15, -0.1) is 0 Å². The minimum absolute atomic E-state index is 0.177. The molecule has 0 radical (unpaired) electrons. The van der Waals surface area contributed by atoms with Crippen LogP contribution in [-0.2, 0) is 15.9 Å². The van der Waals surface area contributed by atoms with Crippen LogP contribution in [0.2, 0.25) is 0 Å². The number of hydrogen-bond acceptors (Lipinski definition) is 5. The van der Waals surface area contributed by atoms with E-state index in [0.29, 0.717) is 24.5 Å². The van der Waals surface area contributed by atoms with Crippen molar-refractivity contribution in [3.63, 3.8) is 0 Å². The van der Waals surface area contributed by atoms with Crippen LogP contribution in [0, 0.1) is 0 Å². The van der Waals surface area contributed by atoms with E-state index in [9.17, 15) is 5.11 Å². The Hall–Kier alpha value is -1.30. The van der Waals surface area contributed by atoms with E-state index in [0.717, 1.165) is 44.4 Å². The van der Waals surface area contributed by atoms with Crippen LogP contribution in [0.1, 0.15) is 64.4 Å². The van der Waals surface area contributed by atoms with Crippen LogP contribution in [-0.4, -0.2) is 50.2 Å². The van der Waals surface area contributed by atoms with Crippen molar-refractivity contribution in [3.8, 4) is 11.5 Å². The van der Waals surface area contributed by atoms with Crippen LogP contribution in [0.4, 0.5) is 0 Å². The molecule has 0 bridgehead atoms. The second-order valence-electron chi connectivity index (χ2n) is 7.83. The van der Waals surface area contributed by atoms with Gasteiger partial charge in [-0.05, 0) is 63.3 Å². The zero-order chi connectivity index (χ0) is 20.2. The molecular formula is C23H39NO4. The van der Waals surface area contributed by atoms with Gasteiger partial charge in [0.15, 0.2) is 11.5 Å². The van der Waals surface area contributed by atoms with E-state index >= 15 is 0 Å². The third-order valence-corrected chi connectivity index (χ3v) is 5.53. The Morgan fingerprint density at radius 3 is 2.82 bits per heavy atom. The van der Waals surface area contributed by atoms with Crippen molar-refractivity contribution in [1.29, 1.82) is 0 Å². The summed E-state index contributed by atoms with van der Waals surface area (Å²) in [5.41, 5.74) is 1.12. The van der Waals surface area contributed by atoms with E-state index in [1.165, 1.54) is 25.7 Å². The summed E-state index contributed by atoms with van der Waals surface area (Å²) in [7, 11) is 1.57. The second-order valence-corrected chi connectivity index (χ2v) is 7.83. The third-order valence-electron chi connectivity index (χ3n) is 5.53. The predicted octanol–water partition coefficient (Wildman–Crippen LogP) is 4.46. The molecule has 1 saturated carbocycles. The highest BCUT2D eigenvalue weighted by Crippen LogP contribution is 2.27. The summed E-state index contributed by atoms with van der Waals surface area (Å²) in [5, 5.41) is 13.4. The summed E-state index contributed by atoms with van der Waals surface area (Å²) in [6, 6.07) is 5.93. The molecule has 1 fully saturated rings. The molecule has 1 aliphatic rings. The van der Waals surface area contributed by atoms with Gasteiger partial charge in [0, 0.05) is 12.6 Å². The van der Waals surface area contributed by atoms with E-state index < -0.39 is 0 Å². The summed E-state index contributed by atoms with van der Waals surface area (Å²) < 4.78 is 17.3. The zero-order valence-electron chi connectivity index (χ0n) is 17.9. The van der Waals surface area contributed by atoms with Gasteiger partial charge in [-0.25, -0.2) is 0 Å². The first-order valence-electron chi connectivity index (χ1n) is 11.0.